The Balaban J connectivity index is 1.88. The van der Waals surface area contributed by atoms with Crippen molar-refractivity contribution in [2.45, 2.75) is 45.6 Å². The third kappa shape index (κ3) is 4.79. The molecule has 1 amide bonds. The van der Waals surface area contributed by atoms with Crippen molar-refractivity contribution in [2.24, 2.45) is 5.92 Å². The van der Waals surface area contributed by atoms with E-state index in [0.29, 0.717) is 12.0 Å². The minimum absolute atomic E-state index is 0.112. The van der Waals surface area contributed by atoms with Gasteiger partial charge in [0.15, 0.2) is 0 Å². The number of methoxy groups -OCH3 is 1. The van der Waals surface area contributed by atoms with Crippen molar-refractivity contribution < 1.29 is 9.53 Å². The van der Waals surface area contributed by atoms with Gasteiger partial charge in [0, 0.05) is 23.5 Å². The molecule has 1 aliphatic rings. The molecule has 0 spiro atoms. The largest absolute Gasteiger partial charge is 0.497 e. The number of allylic oxidation sites excluding steroid dienone is 1. The summed E-state index contributed by atoms with van der Waals surface area (Å²) in [6.45, 7) is 4.23. The smallest absolute Gasteiger partial charge is 0.250 e. The van der Waals surface area contributed by atoms with E-state index in [4.69, 9.17) is 4.74 Å². The average molecular weight is 302 g/mol. The van der Waals surface area contributed by atoms with E-state index in [1.165, 1.54) is 25.7 Å². The van der Waals surface area contributed by atoms with Gasteiger partial charge in [-0.3, -0.25) is 4.79 Å². The second kappa shape index (κ2) is 7.87. The summed E-state index contributed by atoms with van der Waals surface area (Å²) < 4.78 is 5.10. The van der Waals surface area contributed by atoms with Crippen LogP contribution >= 0.6 is 0 Å². The Morgan fingerprint density at radius 1 is 1.23 bits per heavy atom. The summed E-state index contributed by atoms with van der Waals surface area (Å²) in [4.78, 5) is 12.0. The van der Waals surface area contributed by atoms with E-state index >= 15 is 0 Å². The van der Waals surface area contributed by atoms with Crippen molar-refractivity contribution >= 4 is 11.6 Å². The maximum atomic E-state index is 12.0. The number of anilines is 1. The Morgan fingerprint density at radius 3 is 2.55 bits per heavy atom. The molecule has 4 heteroatoms. The molecule has 2 unspecified atom stereocenters. The van der Waals surface area contributed by atoms with Crippen molar-refractivity contribution in [3.8, 4) is 5.75 Å². The van der Waals surface area contributed by atoms with Crippen LogP contribution in [0.15, 0.2) is 36.0 Å². The predicted octanol–water partition coefficient (Wildman–Crippen LogP) is 3.71. The molecular formula is C18H26N2O2. The van der Waals surface area contributed by atoms with Gasteiger partial charge in [-0.15, -0.1) is 0 Å². The molecule has 22 heavy (non-hydrogen) atoms. The van der Waals surface area contributed by atoms with E-state index in [9.17, 15) is 4.79 Å². The second-order valence-electron chi connectivity index (χ2n) is 6.06. The zero-order chi connectivity index (χ0) is 15.9. The summed E-state index contributed by atoms with van der Waals surface area (Å²) in [7, 11) is 1.62. The number of amides is 1. The van der Waals surface area contributed by atoms with E-state index in [1.807, 2.05) is 31.2 Å². The van der Waals surface area contributed by atoms with Crippen LogP contribution in [0.2, 0.25) is 0 Å². The third-order valence-electron chi connectivity index (χ3n) is 4.23. The highest BCUT2D eigenvalue weighted by molar-refractivity contribution is 5.99. The Labute approximate surface area is 132 Å². The summed E-state index contributed by atoms with van der Waals surface area (Å²) in [5.74, 6) is 1.33. The molecular weight excluding hydrogens is 276 g/mol. The normalized spacial score (nSPS) is 22.0. The topological polar surface area (TPSA) is 50.4 Å². The lowest BCUT2D eigenvalue weighted by Crippen LogP contribution is -2.36. The Hall–Kier alpha value is -1.97. The Bertz CT molecular complexity index is 522. The molecule has 120 valence electrons. The van der Waals surface area contributed by atoms with Crippen molar-refractivity contribution in [3.63, 3.8) is 0 Å². The number of nitrogens with one attached hydrogen (secondary N) is 2. The number of benzene rings is 1. The monoisotopic (exact) mass is 302 g/mol. The van der Waals surface area contributed by atoms with Crippen LogP contribution in [0.1, 0.15) is 39.5 Å². The van der Waals surface area contributed by atoms with Gasteiger partial charge in [0.2, 0.25) is 5.91 Å². The van der Waals surface area contributed by atoms with Gasteiger partial charge in [-0.2, -0.15) is 0 Å². The van der Waals surface area contributed by atoms with Crippen LogP contribution in [-0.2, 0) is 4.79 Å². The van der Waals surface area contributed by atoms with E-state index in [2.05, 4.69) is 17.6 Å². The molecule has 1 saturated carbocycles. The highest BCUT2D eigenvalue weighted by Gasteiger charge is 2.20. The molecule has 0 aliphatic heterocycles. The summed E-state index contributed by atoms with van der Waals surface area (Å²) >= 11 is 0. The fourth-order valence-electron chi connectivity index (χ4n) is 2.91. The zero-order valence-electron chi connectivity index (χ0n) is 13.7. The minimum Gasteiger partial charge on any atom is -0.497 e. The van der Waals surface area contributed by atoms with Crippen LogP contribution in [0.25, 0.3) is 0 Å². The van der Waals surface area contributed by atoms with E-state index in [-0.39, 0.29) is 5.91 Å². The van der Waals surface area contributed by atoms with Gasteiger partial charge >= 0.3 is 0 Å². The van der Waals surface area contributed by atoms with Crippen LogP contribution < -0.4 is 15.4 Å². The molecule has 2 atom stereocenters. The van der Waals surface area contributed by atoms with Gasteiger partial charge < -0.3 is 15.4 Å². The first-order chi connectivity index (χ1) is 10.6. The van der Waals surface area contributed by atoms with Crippen molar-refractivity contribution in [3.05, 3.63) is 36.0 Å². The first-order valence-electron chi connectivity index (χ1n) is 7.98. The zero-order valence-corrected chi connectivity index (χ0v) is 13.7. The average Bonchev–Trinajstić information content (AvgIpc) is 2.50. The molecule has 0 aromatic heterocycles. The molecule has 0 bridgehead atoms. The van der Waals surface area contributed by atoms with Gasteiger partial charge in [-0.25, -0.2) is 0 Å². The second-order valence-corrected chi connectivity index (χ2v) is 6.06. The van der Waals surface area contributed by atoms with Crippen LogP contribution in [-0.4, -0.2) is 19.1 Å². The van der Waals surface area contributed by atoms with Crippen molar-refractivity contribution in [1.82, 2.24) is 5.32 Å². The lowest BCUT2D eigenvalue weighted by atomic mass is 9.86. The molecule has 1 fully saturated rings. The molecule has 1 aliphatic carbocycles. The lowest BCUT2D eigenvalue weighted by molar-refractivity contribution is -0.112. The predicted molar refractivity (Wildman–Crippen MR) is 89.9 cm³/mol. The molecule has 2 N–H and O–H groups in total. The quantitative estimate of drug-likeness (QED) is 0.815. The fourth-order valence-corrected chi connectivity index (χ4v) is 2.91. The van der Waals surface area contributed by atoms with E-state index < -0.39 is 0 Å². The minimum atomic E-state index is -0.112. The first kappa shape index (κ1) is 16.4. The van der Waals surface area contributed by atoms with Gasteiger partial charge in [-0.1, -0.05) is 19.8 Å². The van der Waals surface area contributed by atoms with Gasteiger partial charge in [0.05, 0.1) is 7.11 Å². The Morgan fingerprint density at radius 2 is 1.91 bits per heavy atom. The maximum Gasteiger partial charge on any atom is 0.250 e. The summed E-state index contributed by atoms with van der Waals surface area (Å²) in [5, 5.41) is 6.35. The summed E-state index contributed by atoms with van der Waals surface area (Å²) in [5.41, 5.74) is 1.69. The highest BCUT2D eigenvalue weighted by atomic mass is 16.5. The third-order valence-corrected chi connectivity index (χ3v) is 4.23. The summed E-state index contributed by atoms with van der Waals surface area (Å²) in [6.07, 6.45) is 6.67. The SMILES string of the molecule is COc1ccc(NC(=O)/C=C(\C)NC2CCCCC2C)cc1. The van der Waals surface area contributed by atoms with Crippen LogP contribution in [0.4, 0.5) is 5.69 Å². The molecule has 0 heterocycles. The van der Waals surface area contributed by atoms with Crippen molar-refractivity contribution in [1.29, 1.82) is 0 Å². The molecule has 0 radical (unpaired) electrons. The standard InChI is InChI=1S/C18H26N2O2/c1-13-6-4-5-7-17(13)19-14(2)12-18(21)20-15-8-10-16(22-3)11-9-15/h8-13,17,19H,4-7H2,1-3H3,(H,20,21)/b14-12+. The fraction of sp³-hybridized carbons (Fsp3) is 0.500. The maximum absolute atomic E-state index is 12.0. The van der Waals surface area contributed by atoms with E-state index in [1.54, 1.807) is 13.2 Å². The highest BCUT2D eigenvalue weighted by Crippen LogP contribution is 2.24. The first-order valence-corrected chi connectivity index (χ1v) is 7.98. The lowest BCUT2D eigenvalue weighted by Gasteiger charge is -2.30. The van der Waals surface area contributed by atoms with Crippen molar-refractivity contribution in [2.75, 3.05) is 12.4 Å². The summed E-state index contributed by atoms with van der Waals surface area (Å²) in [6, 6.07) is 7.80. The number of rotatable bonds is 5. The molecule has 4 nitrogen and oxygen atoms in total. The van der Waals surface area contributed by atoms with Gasteiger partial charge in [-0.05, 0) is 49.9 Å². The number of carbonyl (C=O) groups is 1. The number of hydrogen-bond acceptors (Lipinski definition) is 3. The van der Waals surface area contributed by atoms with Crippen LogP contribution in [0.5, 0.6) is 5.75 Å². The molecule has 1 aromatic carbocycles. The number of carbonyl (C=O) groups excluding carboxylic acids is 1. The van der Waals surface area contributed by atoms with E-state index in [0.717, 1.165) is 17.1 Å². The van der Waals surface area contributed by atoms with Gasteiger partial charge in [0.1, 0.15) is 5.75 Å². The van der Waals surface area contributed by atoms with Crippen LogP contribution in [0, 0.1) is 5.92 Å². The van der Waals surface area contributed by atoms with Crippen LogP contribution in [0.3, 0.4) is 0 Å². The molecule has 1 aromatic rings. The molecule has 2 rings (SSSR count). The Kier molecular flexibility index (Phi) is 5.87. The number of hydrogen-bond donors (Lipinski definition) is 2. The molecule has 0 saturated heterocycles. The van der Waals surface area contributed by atoms with Gasteiger partial charge in [0.25, 0.3) is 0 Å². The number of ether oxygens (including phenoxy) is 1.